The zero-order chi connectivity index (χ0) is 15.4. The number of nitrogens with zero attached hydrogens (tertiary/aromatic N) is 2. The van der Waals surface area contributed by atoms with Crippen molar-refractivity contribution in [2.24, 2.45) is 5.92 Å². The van der Waals surface area contributed by atoms with Gasteiger partial charge in [-0.1, -0.05) is 6.92 Å². The molecule has 0 amide bonds. The molecule has 1 aromatic rings. The highest BCUT2D eigenvalue weighted by atomic mass is 19.1. The van der Waals surface area contributed by atoms with Crippen molar-refractivity contribution in [2.45, 2.75) is 32.1 Å². The second-order valence-corrected chi connectivity index (χ2v) is 5.76. The maximum atomic E-state index is 12.9. The van der Waals surface area contributed by atoms with E-state index >= 15 is 0 Å². The van der Waals surface area contributed by atoms with Gasteiger partial charge in [-0.2, -0.15) is 0 Å². The van der Waals surface area contributed by atoms with Gasteiger partial charge in [-0.3, -0.25) is 9.88 Å². The van der Waals surface area contributed by atoms with Crippen LogP contribution < -0.4 is 0 Å². The van der Waals surface area contributed by atoms with Crippen molar-refractivity contribution in [1.82, 2.24) is 9.88 Å². The van der Waals surface area contributed by atoms with Crippen LogP contribution in [-0.4, -0.2) is 58.5 Å². The second kappa shape index (κ2) is 7.26. The van der Waals surface area contributed by atoms with Crippen molar-refractivity contribution in [2.75, 3.05) is 26.3 Å². The number of hydrogen-bond acceptors (Lipinski definition) is 5. The van der Waals surface area contributed by atoms with Gasteiger partial charge in [0.1, 0.15) is 5.82 Å². The Morgan fingerprint density at radius 2 is 2.29 bits per heavy atom. The first-order chi connectivity index (χ1) is 10.0. The lowest BCUT2D eigenvalue weighted by molar-refractivity contribution is -0.0855. The fourth-order valence-corrected chi connectivity index (χ4v) is 2.56. The highest BCUT2D eigenvalue weighted by Crippen LogP contribution is 2.23. The van der Waals surface area contributed by atoms with Crippen LogP contribution in [0.5, 0.6) is 0 Å². The van der Waals surface area contributed by atoms with Crippen LogP contribution in [0.4, 0.5) is 4.39 Å². The number of morpholine rings is 1. The molecule has 1 aliphatic rings. The molecular formula is C15H23FN2O3. The number of aliphatic hydroxyl groups excluding tert-OH is 2. The molecule has 5 nitrogen and oxygen atoms in total. The maximum absolute atomic E-state index is 12.9. The number of pyridine rings is 1. The summed E-state index contributed by atoms with van der Waals surface area (Å²) in [7, 11) is 0. The average Bonchev–Trinajstić information content (AvgIpc) is 2.49. The Hall–Kier alpha value is -1.08. The molecule has 118 valence electrons. The first-order valence-electron chi connectivity index (χ1n) is 7.27. The van der Waals surface area contributed by atoms with E-state index in [2.05, 4.69) is 16.8 Å². The minimum absolute atomic E-state index is 0.000325. The van der Waals surface area contributed by atoms with Crippen LogP contribution in [0.2, 0.25) is 0 Å². The van der Waals surface area contributed by atoms with Gasteiger partial charge in [0, 0.05) is 25.0 Å². The average molecular weight is 298 g/mol. The normalized spacial score (nSPS) is 26.5. The molecule has 2 heterocycles. The van der Waals surface area contributed by atoms with Crippen molar-refractivity contribution >= 4 is 0 Å². The van der Waals surface area contributed by atoms with Gasteiger partial charge >= 0.3 is 0 Å². The van der Waals surface area contributed by atoms with Crippen molar-refractivity contribution in [3.8, 4) is 0 Å². The summed E-state index contributed by atoms with van der Waals surface area (Å²) in [6, 6.07) is 3.05. The van der Waals surface area contributed by atoms with Crippen LogP contribution in [0.3, 0.4) is 0 Å². The van der Waals surface area contributed by atoms with Crippen LogP contribution in [-0.2, 0) is 4.74 Å². The third-order valence-electron chi connectivity index (χ3n) is 3.95. The lowest BCUT2D eigenvalue weighted by atomic mass is 9.99. The summed E-state index contributed by atoms with van der Waals surface area (Å²) >= 11 is 0. The molecule has 4 unspecified atom stereocenters. The summed E-state index contributed by atoms with van der Waals surface area (Å²) in [4.78, 5) is 6.13. The summed E-state index contributed by atoms with van der Waals surface area (Å²) in [6.45, 7) is 5.88. The molecule has 0 radical (unpaired) electrons. The molecule has 21 heavy (non-hydrogen) atoms. The third-order valence-corrected chi connectivity index (χ3v) is 3.95. The zero-order valence-electron chi connectivity index (χ0n) is 12.4. The van der Waals surface area contributed by atoms with Gasteiger partial charge in [0.2, 0.25) is 0 Å². The van der Waals surface area contributed by atoms with E-state index < -0.39 is 11.9 Å². The zero-order valence-corrected chi connectivity index (χ0v) is 12.4. The quantitative estimate of drug-likeness (QED) is 0.848. The number of aromatic nitrogens is 1. The minimum Gasteiger partial charge on any atom is -0.394 e. The molecular weight excluding hydrogens is 275 g/mol. The van der Waals surface area contributed by atoms with Crippen molar-refractivity contribution in [3.05, 3.63) is 29.8 Å². The fraction of sp³-hybridized carbons (Fsp3) is 0.667. The van der Waals surface area contributed by atoms with Crippen LogP contribution in [0, 0.1) is 11.7 Å². The van der Waals surface area contributed by atoms with Gasteiger partial charge < -0.3 is 14.9 Å². The molecule has 0 saturated carbocycles. The molecule has 0 aromatic carbocycles. The Kier molecular flexibility index (Phi) is 5.64. The van der Waals surface area contributed by atoms with Crippen molar-refractivity contribution in [3.63, 3.8) is 0 Å². The van der Waals surface area contributed by atoms with Crippen LogP contribution in [0.15, 0.2) is 18.3 Å². The van der Waals surface area contributed by atoms with E-state index in [-0.39, 0.29) is 24.7 Å². The highest BCUT2D eigenvalue weighted by Gasteiger charge is 2.29. The van der Waals surface area contributed by atoms with E-state index in [4.69, 9.17) is 4.74 Å². The third kappa shape index (κ3) is 4.20. The van der Waals surface area contributed by atoms with Gasteiger partial charge in [0.15, 0.2) is 0 Å². The van der Waals surface area contributed by atoms with Crippen molar-refractivity contribution < 1.29 is 19.3 Å². The molecule has 1 fully saturated rings. The SMILES string of the molecule is CC(CN1CC(CO)OCC1C)C(O)c1ccc(F)cn1. The Bertz CT molecular complexity index is 443. The monoisotopic (exact) mass is 298 g/mol. The number of rotatable bonds is 5. The van der Waals surface area contributed by atoms with Gasteiger partial charge in [0.05, 0.1) is 37.3 Å². The highest BCUT2D eigenvalue weighted by molar-refractivity contribution is 5.09. The summed E-state index contributed by atoms with van der Waals surface area (Å²) < 4.78 is 18.4. The first kappa shape index (κ1) is 16.3. The van der Waals surface area contributed by atoms with Gasteiger partial charge in [-0.25, -0.2) is 4.39 Å². The molecule has 1 aromatic heterocycles. The lowest BCUT2D eigenvalue weighted by Crippen LogP contribution is -2.51. The minimum atomic E-state index is -0.742. The Labute approximate surface area is 124 Å². The standard InChI is InChI=1S/C15H23FN2O3/c1-10(15(20)14-4-3-12(16)5-17-14)6-18-7-13(8-19)21-9-11(18)2/h3-5,10-11,13,15,19-20H,6-9H2,1-2H3. The van der Waals surface area contributed by atoms with Crippen LogP contribution in [0.25, 0.3) is 0 Å². The Morgan fingerprint density at radius 1 is 1.52 bits per heavy atom. The molecule has 4 atom stereocenters. The fourth-order valence-electron chi connectivity index (χ4n) is 2.56. The number of hydrogen-bond donors (Lipinski definition) is 2. The van der Waals surface area contributed by atoms with E-state index in [9.17, 15) is 14.6 Å². The van der Waals surface area contributed by atoms with Gasteiger partial charge in [-0.15, -0.1) is 0 Å². The Balaban J connectivity index is 1.96. The number of ether oxygens (including phenoxy) is 1. The van der Waals surface area contributed by atoms with E-state index in [1.165, 1.54) is 12.1 Å². The van der Waals surface area contributed by atoms with Crippen LogP contribution >= 0.6 is 0 Å². The smallest absolute Gasteiger partial charge is 0.141 e. The summed E-state index contributed by atoms with van der Waals surface area (Å²) in [5.41, 5.74) is 0.475. The van der Waals surface area contributed by atoms with E-state index in [1.54, 1.807) is 0 Å². The summed E-state index contributed by atoms with van der Waals surface area (Å²) in [5.74, 6) is -0.464. The molecule has 0 spiro atoms. The summed E-state index contributed by atoms with van der Waals surface area (Å²) in [6.07, 6.45) is 0.201. The molecule has 2 rings (SSSR count). The Morgan fingerprint density at radius 3 is 2.90 bits per heavy atom. The predicted octanol–water partition coefficient (Wildman–Crippen LogP) is 0.972. The maximum Gasteiger partial charge on any atom is 0.141 e. The number of halogens is 1. The lowest BCUT2D eigenvalue weighted by Gasteiger charge is -2.39. The molecule has 0 aliphatic carbocycles. The first-order valence-corrected chi connectivity index (χ1v) is 7.27. The molecule has 1 aliphatic heterocycles. The van der Waals surface area contributed by atoms with Crippen molar-refractivity contribution in [1.29, 1.82) is 0 Å². The van der Waals surface area contributed by atoms with E-state index in [1.807, 2.05) is 6.92 Å². The van der Waals surface area contributed by atoms with Gasteiger partial charge in [0.25, 0.3) is 0 Å². The largest absolute Gasteiger partial charge is 0.394 e. The van der Waals surface area contributed by atoms with E-state index in [0.717, 1.165) is 6.20 Å². The molecule has 2 N–H and O–H groups in total. The van der Waals surface area contributed by atoms with Gasteiger partial charge in [-0.05, 0) is 19.1 Å². The molecule has 1 saturated heterocycles. The number of aliphatic hydroxyl groups is 2. The van der Waals surface area contributed by atoms with E-state index in [0.29, 0.717) is 25.4 Å². The second-order valence-electron chi connectivity index (χ2n) is 5.76. The molecule has 0 bridgehead atoms. The topological polar surface area (TPSA) is 65.8 Å². The predicted molar refractivity (Wildman–Crippen MR) is 76.2 cm³/mol. The molecule has 6 heteroatoms. The van der Waals surface area contributed by atoms with Crippen LogP contribution in [0.1, 0.15) is 25.6 Å². The summed E-state index contributed by atoms with van der Waals surface area (Å²) in [5, 5.41) is 19.5.